The minimum absolute atomic E-state index is 0.463. The third kappa shape index (κ3) is 4.54. The van der Waals surface area contributed by atoms with Crippen LogP contribution in [0.25, 0.3) is 11.3 Å². The Balaban J connectivity index is 1.69. The molecule has 0 saturated carbocycles. The number of nitrogens with zero attached hydrogens (tertiary/aromatic N) is 1. The second-order valence-electron chi connectivity index (χ2n) is 6.86. The smallest absolute Gasteiger partial charge is 0.119 e. The molecule has 0 aliphatic heterocycles. The van der Waals surface area contributed by atoms with Gasteiger partial charge >= 0.3 is 0 Å². The number of hydrogen-bond donors (Lipinski definition) is 1. The number of rotatable bonds is 8. The Labute approximate surface area is 156 Å². The standard InChI is InChI=1S/C23H28N2O/c1-4-13-26-21-8-6-7-19(15-21)14-18-9-11-20(12-10-18)22-16-24-23(25-22)17(3)5-2/h6-12,15-17H,4-5,13-14H2,1-3H3,(H,24,25)/t17-/m0/s1. The van der Waals surface area contributed by atoms with Gasteiger partial charge in [0, 0.05) is 5.92 Å². The number of hydrogen-bond acceptors (Lipinski definition) is 2. The maximum absolute atomic E-state index is 5.73. The Kier molecular flexibility index (Phi) is 6.11. The summed E-state index contributed by atoms with van der Waals surface area (Å²) in [5.74, 6) is 2.48. The summed E-state index contributed by atoms with van der Waals surface area (Å²) in [4.78, 5) is 7.97. The number of nitrogens with one attached hydrogen (secondary N) is 1. The minimum atomic E-state index is 0.463. The van der Waals surface area contributed by atoms with E-state index in [1.807, 2.05) is 12.3 Å². The molecule has 1 aromatic heterocycles. The molecule has 1 atom stereocenters. The number of benzene rings is 2. The van der Waals surface area contributed by atoms with Gasteiger partial charge in [-0.15, -0.1) is 0 Å². The Morgan fingerprint density at radius 2 is 1.85 bits per heavy atom. The van der Waals surface area contributed by atoms with E-state index < -0.39 is 0 Å². The zero-order chi connectivity index (χ0) is 18.4. The average molecular weight is 348 g/mol. The Morgan fingerprint density at radius 3 is 2.58 bits per heavy atom. The van der Waals surface area contributed by atoms with Crippen LogP contribution in [0.2, 0.25) is 0 Å². The molecule has 3 nitrogen and oxygen atoms in total. The summed E-state index contributed by atoms with van der Waals surface area (Å²) < 4.78 is 5.73. The van der Waals surface area contributed by atoms with Gasteiger partial charge in [0.1, 0.15) is 11.6 Å². The highest BCUT2D eigenvalue weighted by Crippen LogP contribution is 2.23. The molecular formula is C23H28N2O. The zero-order valence-corrected chi connectivity index (χ0v) is 16.0. The van der Waals surface area contributed by atoms with Crippen molar-refractivity contribution in [1.29, 1.82) is 0 Å². The van der Waals surface area contributed by atoms with Gasteiger partial charge in [0.15, 0.2) is 0 Å². The van der Waals surface area contributed by atoms with Crippen LogP contribution < -0.4 is 4.74 Å². The highest BCUT2D eigenvalue weighted by molar-refractivity contribution is 5.59. The van der Waals surface area contributed by atoms with E-state index in [4.69, 9.17) is 4.74 Å². The largest absolute Gasteiger partial charge is 0.494 e. The summed E-state index contributed by atoms with van der Waals surface area (Å²) in [6.07, 6.45) is 4.96. The van der Waals surface area contributed by atoms with E-state index in [1.165, 1.54) is 16.7 Å². The summed E-state index contributed by atoms with van der Waals surface area (Å²) in [7, 11) is 0. The topological polar surface area (TPSA) is 37.9 Å². The van der Waals surface area contributed by atoms with Gasteiger partial charge in [-0.05, 0) is 48.1 Å². The van der Waals surface area contributed by atoms with Gasteiger partial charge in [-0.3, -0.25) is 0 Å². The quantitative estimate of drug-likeness (QED) is 0.544. The van der Waals surface area contributed by atoms with Crippen molar-refractivity contribution in [2.24, 2.45) is 0 Å². The predicted molar refractivity (Wildman–Crippen MR) is 108 cm³/mol. The fraction of sp³-hybridized carbons (Fsp3) is 0.348. The second-order valence-corrected chi connectivity index (χ2v) is 6.86. The van der Waals surface area contributed by atoms with Crippen molar-refractivity contribution < 1.29 is 4.74 Å². The van der Waals surface area contributed by atoms with Gasteiger partial charge in [-0.25, -0.2) is 4.98 Å². The van der Waals surface area contributed by atoms with Gasteiger partial charge < -0.3 is 9.72 Å². The van der Waals surface area contributed by atoms with Crippen molar-refractivity contribution in [2.75, 3.05) is 6.61 Å². The summed E-state index contributed by atoms with van der Waals surface area (Å²) in [6.45, 7) is 7.27. The molecule has 0 aliphatic carbocycles. The van der Waals surface area contributed by atoms with Crippen LogP contribution in [-0.4, -0.2) is 16.6 Å². The van der Waals surface area contributed by atoms with E-state index in [0.717, 1.165) is 43.1 Å². The SMILES string of the molecule is CCCOc1cccc(Cc2ccc(-c3cnc([C@@H](C)CC)[nH]3)cc2)c1. The molecule has 0 unspecified atom stereocenters. The number of ether oxygens (including phenoxy) is 1. The van der Waals surface area contributed by atoms with Crippen LogP contribution in [0.15, 0.2) is 54.7 Å². The fourth-order valence-corrected chi connectivity index (χ4v) is 2.93. The van der Waals surface area contributed by atoms with Crippen molar-refractivity contribution in [3.05, 3.63) is 71.7 Å². The van der Waals surface area contributed by atoms with Crippen molar-refractivity contribution in [1.82, 2.24) is 9.97 Å². The highest BCUT2D eigenvalue weighted by atomic mass is 16.5. The second kappa shape index (κ2) is 8.70. The molecule has 3 aromatic rings. The fourth-order valence-electron chi connectivity index (χ4n) is 2.93. The van der Waals surface area contributed by atoms with Crippen LogP contribution in [-0.2, 0) is 6.42 Å². The zero-order valence-electron chi connectivity index (χ0n) is 16.0. The summed E-state index contributed by atoms with van der Waals surface area (Å²) >= 11 is 0. The summed E-state index contributed by atoms with van der Waals surface area (Å²) in [5, 5.41) is 0. The van der Waals surface area contributed by atoms with Crippen LogP contribution in [0.5, 0.6) is 5.75 Å². The molecule has 2 aromatic carbocycles. The van der Waals surface area contributed by atoms with Gasteiger partial charge in [0.05, 0.1) is 18.5 Å². The van der Waals surface area contributed by atoms with E-state index in [9.17, 15) is 0 Å². The number of imidazole rings is 1. The lowest BCUT2D eigenvalue weighted by Crippen LogP contribution is -1.96. The van der Waals surface area contributed by atoms with E-state index in [0.29, 0.717) is 5.92 Å². The first-order valence-electron chi connectivity index (χ1n) is 9.55. The highest BCUT2D eigenvalue weighted by Gasteiger charge is 2.09. The molecule has 136 valence electrons. The lowest BCUT2D eigenvalue weighted by atomic mass is 10.0. The molecule has 0 saturated heterocycles. The molecule has 3 rings (SSSR count). The normalized spacial score (nSPS) is 12.1. The molecule has 0 aliphatic rings. The Hall–Kier alpha value is -2.55. The lowest BCUT2D eigenvalue weighted by Gasteiger charge is -2.08. The summed E-state index contributed by atoms with van der Waals surface area (Å²) in [5.41, 5.74) is 4.83. The predicted octanol–water partition coefficient (Wildman–Crippen LogP) is 5.97. The van der Waals surface area contributed by atoms with E-state index in [1.54, 1.807) is 0 Å². The van der Waals surface area contributed by atoms with Gasteiger partial charge in [-0.1, -0.05) is 57.2 Å². The molecule has 0 radical (unpaired) electrons. The average Bonchev–Trinajstić information content (AvgIpc) is 3.17. The maximum atomic E-state index is 5.73. The van der Waals surface area contributed by atoms with Crippen molar-refractivity contribution in [3.8, 4) is 17.0 Å². The van der Waals surface area contributed by atoms with Crippen LogP contribution in [0.4, 0.5) is 0 Å². The van der Waals surface area contributed by atoms with E-state index in [2.05, 4.69) is 73.2 Å². The molecule has 1 heterocycles. The van der Waals surface area contributed by atoms with Crippen molar-refractivity contribution in [3.63, 3.8) is 0 Å². The van der Waals surface area contributed by atoms with Crippen LogP contribution >= 0.6 is 0 Å². The monoisotopic (exact) mass is 348 g/mol. The third-order valence-electron chi connectivity index (χ3n) is 4.72. The number of aromatic nitrogens is 2. The first-order chi connectivity index (χ1) is 12.7. The van der Waals surface area contributed by atoms with E-state index >= 15 is 0 Å². The Bertz CT molecular complexity index is 820. The van der Waals surface area contributed by atoms with Crippen LogP contribution in [0.1, 0.15) is 56.5 Å². The molecule has 0 amide bonds. The van der Waals surface area contributed by atoms with Crippen LogP contribution in [0.3, 0.4) is 0 Å². The Morgan fingerprint density at radius 1 is 1.04 bits per heavy atom. The van der Waals surface area contributed by atoms with Gasteiger partial charge in [0.25, 0.3) is 0 Å². The molecular weight excluding hydrogens is 320 g/mol. The molecule has 26 heavy (non-hydrogen) atoms. The van der Waals surface area contributed by atoms with Crippen molar-refractivity contribution in [2.45, 2.75) is 46.0 Å². The summed E-state index contributed by atoms with van der Waals surface area (Å²) in [6, 6.07) is 17.1. The van der Waals surface area contributed by atoms with E-state index in [-0.39, 0.29) is 0 Å². The third-order valence-corrected chi connectivity index (χ3v) is 4.72. The molecule has 0 bridgehead atoms. The number of H-pyrrole nitrogens is 1. The lowest BCUT2D eigenvalue weighted by molar-refractivity contribution is 0.317. The van der Waals surface area contributed by atoms with Crippen LogP contribution in [0, 0.1) is 0 Å². The number of aromatic amines is 1. The minimum Gasteiger partial charge on any atom is -0.494 e. The first kappa shape index (κ1) is 18.2. The van der Waals surface area contributed by atoms with Gasteiger partial charge in [-0.2, -0.15) is 0 Å². The molecule has 0 spiro atoms. The van der Waals surface area contributed by atoms with Gasteiger partial charge in [0.2, 0.25) is 0 Å². The maximum Gasteiger partial charge on any atom is 0.119 e. The molecule has 0 fully saturated rings. The molecule has 1 N–H and O–H groups in total. The van der Waals surface area contributed by atoms with Crippen molar-refractivity contribution >= 4 is 0 Å². The molecule has 3 heteroatoms. The first-order valence-corrected chi connectivity index (χ1v) is 9.55.